The fourth-order valence-corrected chi connectivity index (χ4v) is 2.59. The lowest BCUT2D eigenvalue weighted by Crippen LogP contribution is -2.55. The summed E-state index contributed by atoms with van der Waals surface area (Å²) in [4.78, 5) is 35.3. The minimum atomic E-state index is -1.40. The maximum atomic E-state index is 12.2. The molecule has 20 heavy (non-hydrogen) atoms. The van der Waals surface area contributed by atoms with E-state index >= 15 is 0 Å². The number of carboxylic acid groups (broad SMARTS) is 2. The van der Waals surface area contributed by atoms with Crippen molar-refractivity contribution in [2.24, 2.45) is 11.8 Å². The molecule has 4 atom stereocenters. The van der Waals surface area contributed by atoms with Crippen molar-refractivity contribution in [2.75, 3.05) is 6.54 Å². The molecule has 3 N–H and O–H groups in total. The number of hydrogen-bond acceptors (Lipinski definition) is 3. The van der Waals surface area contributed by atoms with Crippen molar-refractivity contribution in [3.8, 4) is 0 Å². The first-order valence-corrected chi connectivity index (χ1v) is 6.74. The standard InChI is InChI=1S/C13H22N2O5/c1-7-4-8(2)9(3)15(6-7)13(20)14-10(12(18)19)5-11(16)17/h7-10H,4-6H2,1-3H3,(H,14,20)(H,16,17)(H,18,19). The highest BCUT2D eigenvalue weighted by Crippen LogP contribution is 2.26. The van der Waals surface area contributed by atoms with Gasteiger partial charge in [-0.15, -0.1) is 0 Å². The normalized spacial score (nSPS) is 27.8. The third-order valence-electron chi connectivity index (χ3n) is 3.83. The van der Waals surface area contributed by atoms with Crippen LogP contribution in [0.2, 0.25) is 0 Å². The zero-order valence-electron chi connectivity index (χ0n) is 12.0. The number of urea groups is 1. The molecule has 0 bridgehead atoms. The van der Waals surface area contributed by atoms with Gasteiger partial charge >= 0.3 is 18.0 Å². The quantitative estimate of drug-likeness (QED) is 0.714. The number of amides is 2. The van der Waals surface area contributed by atoms with Gasteiger partial charge in [0.25, 0.3) is 0 Å². The summed E-state index contributed by atoms with van der Waals surface area (Å²) in [7, 11) is 0. The van der Waals surface area contributed by atoms with Gasteiger partial charge < -0.3 is 20.4 Å². The third kappa shape index (κ3) is 4.11. The fourth-order valence-electron chi connectivity index (χ4n) is 2.59. The van der Waals surface area contributed by atoms with Crippen LogP contribution >= 0.6 is 0 Å². The monoisotopic (exact) mass is 286 g/mol. The molecule has 1 aliphatic rings. The number of likely N-dealkylation sites (tertiary alicyclic amines) is 1. The molecule has 0 spiro atoms. The van der Waals surface area contributed by atoms with Crippen molar-refractivity contribution in [2.45, 2.75) is 45.7 Å². The number of piperidine rings is 1. The van der Waals surface area contributed by atoms with Gasteiger partial charge in [-0.05, 0) is 25.2 Å². The van der Waals surface area contributed by atoms with E-state index in [9.17, 15) is 14.4 Å². The van der Waals surface area contributed by atoms with Crippen LogP contribution in [0.5, 0.6) is 0 Å². The summed E-state index contributed by atoms with van der Waals surface area (Å²) in [6, 6.07) is -1.91. The lowest BCUT2D eigenvalue weighted by Gasteiger charge is -2.41. The molecule has 1 heterocycles. The number of carboxylic acids is 2. The van der Waals surface area contributed by atoms with Crippen LogP contribution in [0, 0.1) is 11.8 Å². The second-order valence-electron chi connectivity index (χ2n) is 5.65. The molecule has 4 unspecified atom stereocenters. The highest BCUT2D eigenvalue weighted by Gasteiger charge is 2.34. The Morgan fingerprint density at radius 2 is 1.85 bits per heavy atom. The minimum absolute atomic E-state index is 0.00507. The molecule has 0 aromatic heterocycles. The number of rotatable bonds is 4. The van der Waals surface area contributed by atoms with Crippen LogP contribution in [0.1, 0.15) is 33.6 Å². The largest absolute Gasteiger partial charge is 0.481 e. The number of hydrogen-bond donors (Lipinski definition) is 3. The summed E-state index contributed by atoms with van der Waals surface area (Å²) in [5, 5.41) is 19.9. The van der Waals surface area contributed by atoms with E-state index in [0.29, 0.717) is 18.4 Å². The van der Waals surface area contributed by atoms with Crippen LogP contribution in [-0.4, -0.2) is 51.7 Å². The highest BCUT2D eigenvalue weighted by molar-refractivity contribution is 5.86. The minimum Gasteiger partial charge on any atom is -0.481 e. The SMILES string of the molecule is CC1CC(C)C(C)N(C(=O)NC(CC(=O)O)C(=O)O)C1. The summed E-state index contributed by atoms with van der Waals surface area (Å²) < 4.78 is 0. The van der Waals surface area contributed by atoms with E-state index in [0.717, 1.165) is 6.42 Å². The van der Waals surface area contributed by atoms with E-state index in [-0.39, 0.29) is 6.04 Å². The van der Waals surface area contributed by atoms with Crippen molar-refractivity contribution < 1.29 is 24.6 Å². The summed E-state index contributed by atoms with van der Waals surface area (Å²) in [5.74, 6) is -1.93. The van der Waals surface area contributed by atoms with Crippen LogP contribution < -0.4 is 5.32 Å². The van der Waals surface area contributed by atoms with Gasteiger partial charge in [-0.1, -0.05) is 13.8 Å². The summed E-state index contributed by atoms with van der Waals surface area (Å²) in [6.07, 6.45) is 0.386. The van der Waals surface area contributed by atoms with Crippen molar-refractivity contribution in [3.05, 3.63) is 0 Å². The Balaban J connectivity index is 2.72. The zero-order chi connectivity index (χ0) is 15.4. The third-order valence-corrected chi connectivity index (χ3v) is 3.83. The number of carbonyl (C=O) groups is 3. The molecule has 0 aromatic carbocycles. The highest BCUT2D eigenvalue weighted by atomic mass is 16.4. The Morgan fingerprint density at radius 1 is 1.25 bits per heavy atom. The molecule has 1 saturated heterocycles. The number of nitrogens with zero attached hydrogens (tertiary/aromatic N) is 1. The first kappa shape index (κ1) is 16.3. The van der Waals surface area contributed by atoms with Gasteiger partial charge in [-0.25, -0.2) is 9.59 Å². The lowest BCUT2D eigenvalue weighted by molar-refractivity contribution is -0.145. The Hall–Kier alpha value is -1.79. The van der Waals surface area contributed by atoms with Crippen molar-refractivity contribution in [3.63, 3.8) is 0 Å². The van der Waals surface area contributed by atoms with Crippen LogP contribution in [-0.2, 0) is 9.59 Å². The molecule has 0 aromatic rings. The van der Waals surface area contributed by atoms with Gasteiger partial charge in [-0.3, -0.25) is 4.79 Å². The lowest BCUT2D eigenvalue weighted by atomic mass is 9.86. The Morgan fingerprint density at radius 3 is 2.35 bits per heavy atom. The topological polar surface area (TPSA) is 107 Å². The molecular formula is C13H22N2O5. The molecule has 0 aliphatic carbocycles. The van der Waals surface area contributed by atoms with Crippen LogP contribution in [0.25, 0.3) is 0 Å². The fraction of sp³-hybridized carbons (Fsp3) is 0.769. The Labute approximate surface area is 117 Å². The Bertz CT molecular complexity index is 398. The summed E-state index contributed by atoms with van der Waals surface area (Å²) in [6.45, 7) is 6.56. The molecule has 0 radical (unpaired) electrons. The zero-order valence-corrected chi connectivity index (χ0v) is 12.0. The van der Waals surface area contributed by atoms with Gasteiger partial charge in [0.05, 0.1) is 6.42 Å². The maximum absolute atomic E-state index is 12.2. The van der Waals surface area contributed by atoms with E-state index in [1.165, 1.54) is 0 Å². The number of aliphatic carboxylic acids is 2. The maximum Gasteiger partial charge on any atom is 0.326 e. The van der Waals surface area contributed by atoms with Gasteiger partial charge in [0.2, 0.25) is 0 Å². The van der Waals surface area contributed by atoms with E-state index in [1.807, 2.05) is 20.8 Å². The van der Waals surface area contributed by atoms with Crippen LogP contribution in [0.3, 0.4) is 0 Å². The van der Waals surface area contributed by atoms with Gasteiger partial charge in [0.1, 0.15) is 6.04 Å². The molecule has 1 aliphatic heterocycles. The van der Waals surface area contributed by atoms with E-state index < -0.39 is 30.4 Å². The second kappa shape index (κ2) is 6.58. The number of carbonyl (C=O) groups excluding carboxylic acids is 1. The molecule has 1 fully saturated rings. The van der Waals surface area contributed by atoms with Crippen molar-refractivity contribution in [1.82, 2.24) is 10.2 Å². The second-order valence-corrected chi connectivity index (χ2v) is 5.65. The van der Waals surface area contributed by atoms with Crippen LogP contribution in [0.4, 0.5) is 4.79 Å². The predicted molar refractivity (Wildman–Crippen MR) is 71.3 cm³/mol. The van der Waals surface area contributed by atoms with Crippen LogP contribution in [0.15, 0.2) is 0 Å². The van der Waals surface area contributed by atoms with E-state index in [1.54, 1.807) is 4.90 Å². The molecule has 2 amide bonds. The smallest absolute Gasteiger partial charge is 0.326 e. The average Bonchev–Trinajstić information content (AvgIpc) is 2.32. The van der Waals surface area contributed by atoms with Crippen molar-refractivity contribution >= 4 is 18.0 Å². The summed E-state index contributed by atoms with van der Waals surface area (Å²) >= 11 is 0. The van der Waals surface area contributed by atoms with E-state index in [4.69, 9.17) is 10.2 Å². The summed E-state index contributed by atoms with van der Waals surface area (Å²) in [5.41, 5.74) is 0. The predicted octanol–water partition coefficient (Wildman–Crippen LogP) is 0.990. The first-order chi connectivity index (χ1) is 9.22. The molecule has 114 valence electrons. The molecule has 7 heteroatoms. The first-order valence-electron chi connectivity index (χ1n) is 6.74. The molecule has 7 nitrogen and oxygen atoms in total. The molecule has 1 rings (SSSR count). The van der Waals surface area contributed by atoms with Gasteiger partial charge in [-0.2, -0.15) is 0 Å². The molecule has 0 saturated carbocycles. The Kier molecular flexibility index (Phi) is 5.35. The molecular weight excluding hydrogens is 264 g/mol. The number of nitrogens with one attached hydrogen (secondary N) is 1. The van der Waals surface area contributed by atoms with E-state index in [2.05, 4.69) is 5.32 Å². The van der Waals surface area contributed by atoms with Gasteiger partial charge in [0.15, 0.2) is 0 Å². The van der Waals surface area contributed by atoms with Gasteiger partial charge in [0, 0.05) is 12.6 Å². The van der Waals surface area contributed by atoms with Crippen molar-refractivity contribution in [1.29, 1.82) is 0 Å². The average molecular weight is 286 g/mol.